The Kier molecular flexibility index (Phi) is 4.07. The Morgan fingerprint density at radius 2 is 1.69 bits per heavy atom. The van der Waals surface area contributed by atoms with E-state index in [1.165, 1.54) is 0 Å². The number of hydrogen-bond donors (Lipinski definition) is 1. The van der Waals surface area contributed by atoms with Crippen molar-refractivity contribution in [2.45, 2.75) is 4.90 Å². The molecule has 0 radical (unpaired) electrons. The van der Waals surface area contributed by atoms with Crippen LogP contribution in [0, 0.1) is 0 Å². The number of hydrogen-bond acceptors (Lipinski definition) is 2. The molecule has 1 aromatic carbocycles. The second kappa shape index (κ2) is 4.95. The molecule has 0 fully saturated rings. The highest BCUT2D eigenvalue weighted by Crippen LogP contribution is 2.06. The third kappa shape index (κ3) is 4.30. The van der Waals surface area contributed by atoms with E-state index in [1.807, 2.05) is 21.1 Å². The molecule has 4 nitrogen and oxygen atoms in total. The minimum Gasteiger partial charge on any atom is -0.330 e. The van der Waals surface area contributed by atoms with Crippen LogP contribution >= 0.6 is 0 Å². The molecule has 1 rings (SSSR count). The number of rotatable bonds is 5. The second-order valence-electron chi connectivity index (χ2n) is 4.72. The molecule has 90 valence electrons. The highest BCUT2D eigenvalue weighted by Gasteiger charge is 2.14. The highest BCUT2D eigenvalue weighted by molar-refractivity contribution is 7.89. The largest absolute Gasteiger partial charge is 0.330 e. The monoisotopic (exact) mass is 243 g/mol. The maximum absolute atomic E-state index is 11.8. The molecule has 0 amide bonds. The van der Waals surface area contributed by atoms with E-state index in [4.69, 9.17) is 0 Å². The smallest absolute Gasteiger partial charge is 0.240 e. The van der Waals surface area contributed by atoms with Gasteiger partial charge in [0.25, 0.3) is 0 Å². The lowest BCUT2D eigenvalue weighted by Gasteiger charge is -2.23. The van der Waals surface area contributed by atoms with E-state index in [2.05, 4.69) is 4.72 Å². The summed E-state index contributed by atoms with van der Waals surface area (Å²) in [6.07, 6.45) is 0. The molecular formula is C11H19N2O2S+. The molecule has 0 unspecified atom stereocenters. The lowest BCUT2D eigenvalue weighted by Crippen LogP contribution is -2.41. The zero-order valence-electron chi connectivity index (χ0n) is 9.97. The summed E-state index contributed by atoms with van der Waals surface area (Å²) in [4.78, 5) is 0.316. The molecule has 0 bridgehead atoms. The van der Waals surface area contributed by atoms with Gasteiger partial charge in [0.2, 0.25) is 10.0 Å². The summed E-state index contributed by atoms with van der Waals surface area (Å²) in [7, 11) is 2.73. The van der Waals surface area contributed by atoms with Crippen LogP contribution in [0.5, 0.6) is 0 Å². The first kappa shape index (κ1) is 13.2. The summed E-state index contributed by atoms with van der Waals surface area (Å²) < 4.78 is 26.9. The van der Waals surface area contributed by atoms with Crippen molar-refractivity contribution in [2.75, 3.05) is 34.2 Å². The van der Waals surface area contributed by atoms with E-state index in [1.54, 1.807) is 30.3 Å². The minimum absolute atomic E-state index is 0.316. The molecule has 0 atom stereocenters. The minimum atomic E-state index is -3.34. The van der Waals surface area contributed by atoms with Crippen molar-refractivity contribution in [1.82, 2.24) is 4.72 Å². The predicted molar refractivity (Wildman–Crippen MR) is 64.5 cm³/mol. The topological polar surface area (TPSA) is 46.2 Å². The maximum atomic E-state index is 11.8. The SMILES string of the molecule is C[N+](C)(C)CCNS(=O)(=O)c1ccccc1. The normalized spacial score (nSPS) is 12.7. The van der Waals surface area contributed by atoms with Crippen LogP contribution in [-0.4, -0.2) is 47.1 Å². The average Bonchev–Trinajstić information content (AvgIpc) is 2.17. The fourth-order valence-electron chi connectivity index (χ4n) is 1.20. The molecule has 0 aromatic heterocycles. The molecule has 0 aliphatic rings. The van der Waals surface area contributed by atoms with Crippen molar-refractivity contribution < 1.29 is 12.9 Å². The van der Waals surface area contributed by atoms with E-state index < -0.39 is 10.0 Å². The third-order valence-corrected chi connectivity index (χ3v) is 3.61. The fourth-order valence-corrected chi connectivity index (χ4v) is 2.24. The van der Waals surface area contributed by atoms with Crippen LogP contribution in [0.2, 0.25) is 0 Å². The summed E-state index contributed by atoms with van der Waals surface area (Å²) in [5, 5.41) is 0. The van der Waals surface area contributed by atoms with Crippen molar-refractivity contribution in [3.63, 3.8) is 0 Å². The summed E-state index contributed by atoms with van der Waals surface area (Å²) >= 11 is 0. The molecule has 5 heteroatoms. The first-order valence-corrected chi connectivity index (χ1v) is 6.65. The van der Waals surface area contributed by atoms with Gasteiger partial charge in [-0.2, -0.15) is 0 Å². The maximum Gasteiger partial charge on any atom is 0.240 e. The van der Waals surface area contributed by atoms with E-state index in [-0.39, 0.29) is 0 Å². The summed E-state index contributed by atoms with van der Waals surface area (Å²) in [5.74, 6) is 0. The second-order valence-corrected chi connectivity index (χ2v) is 6.49. The lowest BCUT2D eigenvalue weighted by molar-refractivity contribution is -0.869. The number of quaternary nitrogens is 1. The van der Waals surface area contributed by atoms with Gasteiger partial charge in [0, 0.05) is 0 Å². The molecule has 0 heterocycles. The number of nitrogens with one attached hydrogen (secondary N) is 1. The summed E-state index contributed by atoms with van der Waals surface area (Å²) in [6.45, 7) is 1.20. The van der Waals surface area contributed by atoms with Gasteiger partial charge >= 0.3 is 0 Å². The number of nitrogens with zero attached hydrogens (tertiary/aromatic N) is 1. The highest BCUT2D eigenvalue weighted by atomic mass is 32.2. The van der Waals surface area contributed by atoms with E-state index >= 15 is 0 Å². The Morgan fingerprint density at radius 3 is 2.19 bits per heavy atom. The summed E-state index contributed by atoms with van der Waals surface area (Å²) in [6, 6.07) is 8.41. The van der Waals surface area contributed by atoms with Gasteiger partial charge < -0.3 is 4.48 Å². The molecular weight excluding hydrogens is 224 g/mol. The zero-order valence-corrected chi connectivity index (χ0v) is 10.8. The van der Waals surface area contributed by atoms with Gasteiger partial charge in [-0.25, -0.2) is 13.1 Å². The zero-order chi connectivity index (χ0) is 12.2. The van der Waals surface area contributed by atoms with Crippen molar-refractivity contribution >= 4 is 10.0 Å². The van der Waals surface area contributed by atoms with E-state index in [0.29, 0.717) is 11.4 Å². The van der Waals surface area contributed by atoms with Gasteiger partial charge in [0.05, 0.1) is 39.1 Å². The van der Waals surface area contributed by atoms with Crippen LogP contribution in [0.25, 0.3) is 0 Å². The molecule has 16 heavy (non-hydrogen) atoms. The van der Waals surface area contributed by atoms with Crippen LogP contribution in [0.15, 0.2) is 35.2 Å². The van der Waals surface area contributed by atoms with Crippen molar-refractivity contribution in [1.29, 1.82) is 0 Å². The molecule has 0 aliphatic heterocycles. The van der Waals surface area contributed by atoms with Gasteiger partial charge in [0.15, 0.2) is 0 Å². The quantitative estimate of drug-likeness (QED) is 0.773. The Balaban J connectivity index is 2.61. The van der Waals surface area contributed by atoms with Gasteiger partial charge in [-0.05, 0) is 12.1 Å². The fraction of sp³-hybridized carbons (Fsp3) is 0.455. The Bertz CT molecular complexity index is 421. The standard InChI is InChI=1S/C11H19N2O2S/c1-13(2,3)10-9-12-16(14,15)11-7-5-4-6-8-11/h4-8,12H,9-10H2,1-3H3/q+1. The van der Waals surface area contributed by atoms with Crippen LogP contribution < -0.4 is 4.72 Å². The molecule has 0 saturated heterocycles. The van der Waals surface area contributed by atoms with Crippen LogP contribution in [0.3, 0.4) is 0 Å². The average molecular weight is 243 g/mol. The van der Waals surface area contributed by atoms with Gasteiger partial charge in [-0.3, -0.25) is 0 Å². The molecule has 1 N–H and O–H groups in total. The number of benzene rings is 1. The van der Waals surface area contributed by atoms with Gasteiger partial charge in [-0.15, -0.1) is 0 Å². The summed E-state index contributed by atoms with van der Waals surface area (Å²) in [5.41, 5.74) is 0. The van der Waals surface area contributed by atoms with Gasteiger partial charge in [0.1, 0.15) is 0 Å². The predicted octanol–water partition coefficient (Wildman–Crippen LogP) is 0.671. The lowest BCUT2D eigenvalue weighted by atomic mass is 10.4. The number of likely N-dealkylation sites (N-methyl/N-ethyl adjacent to an activating group) is 1. The van der Waals surface area contributed by atoms with Crippen molar-refractivity contribution in [3.05, 3.63) is 30.3 Å². The first-order valence-electron chi connectivity index (χ1n) is 5.16. The first-order chi connectivity index (χ1) is 7.31. The Hall–Kier alpha value is -0.910. The van der Waals surface area contributed by atoms with Crippen LogP contribution in [0.1, 0.15) is 0 Å². The molecule has 0 aliphatic carbocycles. The van der Waals surface area contributed by atoms with Gasteiger partial charge in [-0.1, -0.05) is 18.2 Å². The van der Waals surface area contributed by atoms with E-state index in [0.717, 1.165) is 11.0 Å². The van der Waals surface area contributed by atoms with Crippen molar-refractivity contribution in [3.8, 4) is 0 Å². The molecule has 0 saturated carbocycles. The van der Waals surface area contributed by atoms with Crippen LogP contribution in [-0.2, 0) is 10.0 Å². The third-order valence-electron chi connectivity index (χ3n) is 2.13. The van der Waals surface area contributed by atoms with Crippen LogP contribution in [0.4, 0.5) is 0 Å². The molecule has 0 spiro atoms. The van der Waals surface area contributed by atoms with Crippen molar-refractivity contribution in [2.24, 2.45) is 0 Å². The van der Waals surface area contributed by atoms with E-state index in [9.17, 15) is 8.42 Å². The Morgan fingerprint density at radius 1 is 1.12 bits per heavy atom. The Labute approximate surface area is 97.5 Å². The molecule has 1 aromatic rings. The number of sulfonamides is 1.